The van der Waals surface area contributed by atoms with Crippen molar-refractivity contribution in [3.63, 3.8) is 0 Å². The van der Waals surface area contributed by atoms with E-state index < -0.39 is 67.3 Å². The van der Waals surface area contributed by atoms with Crippen molar-refractivity contribution in [2.45, 2.75) is 289 Å². The second-order valence-electron chi connectivity index (χ2n) is 20.9. The molecule has 0 bridgehead atoms. The Hall–Kier alpha value is -4.36. The summed E-state index contributed by atoms with van der Waals surface area (Å²) in [5.41, 5.74) is 0. The molecule has 1 aliphatic rings. The first kappa shape index (κ1) is 72.7. The number of esters is 3. The lowest BCUT2D eigenvalue weighted by molar-refractivity contribution is -0.301. The average molecular weight is 1110 g/mol. The number of aliphatic carboxylic acids is 1. The molecular weight excluding hydrogens is 997 g/mol. The van der Waals surface area contributed by atoms with Gasteiger partial charge in [-0.05, 0) is 122 Å². The fourth-order valence-electron chi connectivity index (χ4n) is 8.83. The van der Waals surface area contributed by atoms with Crippen LogP contribution in [0.15, 0.2) is 97.2 Å². The standard InChI is InChI=1S/C67H110O12/c1-4-7-10-13-16-19-22-25-28-30-33-35-38-41-44-47-50-53-59(68)75-56-58(77-60(69)54-51-48-45-42-39-37-34-31-29-26-23-20-17-14-11-8-5-2)57-76-67-65(63(72)62(71)64(79-67)66(73)74)78-61(70)55-52-49-46-43-40-36-32-27-24-21-18-15-12-9-6-3/h7,10,16-21,25-29,32-33,35,58,62-65,67,71-72H,4-6,8-9,11-15,22-24,30-31,34,36-57H2,1-3H3,(H,73,74)/b10-7-,19-16-,20-17-,21-18-,28-25-,29-26-,32-27-,35-33-. The van der Waals surface area contributed by atoms with E-state index >= 15 is 0 Å². The molecule has 0 aromatic heterocycles. The first-order valence-corrected chi connectivity index (χ1v) is 31.2. The monoisotopic (exact) mass is 1110 g/mol. The van der Waals surface area contributed by atoms with Crippen molar-refractivity contribution in [2.75, 3.05) is 13.2 Å². The van der Waals surface area contributed by atoms with Crippen molar-refractivity contribution in [1.29, 1.82) is 0 Å². The Balaban J connectivity index is 2.71. The van der Waals surface area contributed by atoms with Crippen LogP contribution in [0.2, 0.25) is 0 Å². The predicted octanol–water partition coefficient (Wildman–Crippen LogP) is 16.5. The van der Waals surface area contributed by atoms with Gasteiger partial charge in [-0.3, -0.25) is 14.4 Å². The number of ether oxygens (including phenoxy) is 5. The first-order chi connectivity index (χ1) is 38.6. The fourth-order valence-corrected chi connectivity index (χ4v) is 8.83. The van der Waals surface area contributed by atoms with Crippen LogP contribution in [-0.2, 0) is 42.9 Å². The van der Waals surface area contributed by atoms with Crippen LogP contribution in [0.3, 0.4) is 0 Å². The normalized spacial score (nSPS) is 18.5. The van der Waals surface area contributed by atoms with Gasteiger partial charge >= 0.3 is 23.9 Å². The Morgan fingerprint density at radius 1 is 0.430 bits per heavy atom. The number of hydrogen-bond donors (Lipinski definition) is 3. The highest BCUT2D eigenvalue weighted by atomic mass is 16.7. The summed E-state index contributed by atoms with van der Waals surface area (Å²) in [6, 6.07) is 0. The quantitative estimate of drug-likeness (QED) is 0.0228. The van der Waals surface area contributed by atoms with Crippen LogP contribution in [0.1, 0.15) is 252 Å². The topological polar surface area (TPSA) is 175 Å². The second kappa shape index (κ2) is 54.2. The number of aliphatic hydroxyl groups is 2. The molecule has 450 valence electrons. The molecular formula is C67H110O12. The summed E-state index contributed by atoms with van der Waals surface area (Å²) in [5.74, 6) is -3.18. The third-order valence-electron chi connectivity index (χ3n) is 13.6. The average Bonchev–Trinajstić information content (AvgIpc) is 3.46. The van der Waals surface area contributed by atoms with Crippen LogP contribution in [0.5, 0.6) is 0 Å². The molecule has 12 heteroatoms. The third-order valence-corrected chi connectivity index (χ3v) is 13.6. The number of rotatable bonds is 52. The molecule has 1 saturated heterocycles. The molecule has 1 rings (SSSR count). The number of unbranched alkanes of at least 4 members (excludes halogenated alkanes) is 22. The minimum atomic E-state index is -1.92. The molecule has 3 N–H and O–H groups in total. The number of carboxylic acids is 1. The number of carbonyl (C=O) groups excluding carboxylic acids is 3. The van der Waals surface area contributed by atoms with Gasteiger partial charge in [0.2, 0.25) is 0 Å². The zero-order valence-electron chi connectivity index (χ0n) is 49.6. The van der Waals surface area contributed by atoms with Gasteiger partial charge in [0, 0.05) is 19.3 Å². The van der Waals surface area contributed by atoms with Crippen LogP contribution in [-0.4, -0.2) is 89.2 Å². The van der Waals surface area contributed by atoms with Crippen molar-refractivity contribution in [2.24, 2.45) is 0 Å². The second-order valence-corrected chi connectivity index (χ2v) is 20.9. The van der Waals surface area contributed by atoms with E-state index in [4.69, 9.17) is 23.7 Å². The first-order valence-electron chi connectivity index (χ1n) is 31.2. The van der Waals surface area contributed by atoms with E-state index in [1.807, 2.05) is 0 Å². The summed E-state index contributed by atoms with van der Waals surface area (Å²) in [6.07, 6.45) is 59.3. The van der Waals surface area contributed by atoms with Gasteiger partial charge in [-0.25, -0.2) is 4.79 Å². The molecule has 0 aromatic rings. The van der Waals surface area contributed by atoms with Gasteiger partial charge in [-0.15, -0.1) is 0 Å². The van der Waals surface area contributed by atoms with Crippen LogP contribution < -0.4 is 0 Å². The Kier molecular flexibility index (Phi) is 49.9. The van der Waals surface area contributed by atoms with Crippen LogP contribution in [0.4, 0.5) is 0 Å². The SMILES string of the molecule is CC/C=C\C/C=C\C/C=C\C/C=C\CCCCCCC(=O)OCC(COC1OC(C(=O)O)C(O)C(O)C1OC(=O)CCCCCCC/C=C\C/C=C\CCCCC)OC(=O)CCCCCCCCC/C=C\C/C=C\CCCCC. The van der Waals surface area contributed by atoms with Gasteiger partial charge in [-0.1, -0.05) is 208 Å². The minimum Gasteiger partial charge on any atom is -0.479 e. The van der Waals surface area contributed by atoms with Gasteiger partial charge in [-0.2, -0.15) is 0 Å². The van der Waals surface area contributed by atoms with Gasteiger partial charge < -0.3 is 39.0 Å². The lowest BCUT2D eigenvalue weighted by atomic mass is 9.98. The van der Waals surface area contributed by atoms with Gasteiger partial charge in [0.05, 0.1) is 6.61 Å². The number of hydrogen-bond acceptors (Lipinski definition) is 11. The van der Waals surface area contributed by atoms with Gasteiger partial charge in [0.15, 0.2) is 24.6 Å². The summed E-state index contributed by atoms with van der Waals surface area (Å²) in [6.45, 7) is 5.80. The highest BCUT2D eigenvalue weighted by Crippen LogP contribution is 2.26. The summed E-state index contributed by atoms with van der Waals surface area (Å²) in [4.78, 5) is 51.3. The van der Waals surface area contributed by atoms with Crippen molar-refractivity contribution in [3.05, 3.63) is 97.2 Å². The Labute approximate surface area is 479 Å². The zero-order chi connectivity index (χ0) is 57.5. The lowest BCUT2D eigenvalue weighted by Gasteiger charge is -2.40. The van der Waals surface area contributed by atoms with E-state index in [0.717, 1.165) is 154 Å². The molecule has 0 saturated carbocycles. The van der Waals surface area contributed by atoms with Crippen LogP contribution in [0, 0.1) is 0 Å². The van der Waals surface area contributed by atoms with Gasteiger partial charge in [0.25, 0.3) is 0 Å². The molecule has 0 aromatic carbocycles. The van der Waals surface area contributed by atoms with E-state index in [-0.39, 0.29) is 25.9 Å². The molecule has 1 aliphatic heterocycles. The van der Waals surface area contributed by atoms with E-state index in [2.05, 4.69) is 118 Å². The maximum absolute atomic E-state index is 13.2. The zero-order valence-corrected chi connectivity index (χ0v) is 49.6. The summed E-state index contributed by atoms with van der Waals surface area (Å²) < 4.78 is 28.5. The van der Waals surface area contributed by atoms with Crippen molar-refractivity contribution in [1.82, 2.24) is 0 Å². The molecule has 1 heterocycles. The fraction of sp³-hybridized carbons (Fsp3) is 0.701. The van der Waals surface area contributed by atoms with E-state index in [9.17, 15) is 34.5 Å². The maximum Gasteiger partial charge on any atom is 0.335 e. The van der Waals surface area contributed by atoms with Crippen molar-refractivity contribution < 1.29 is 58.2 Å². The molecule has 0 amide bonds. The van der Waals surface area contributed by atoms with Gasteiger partial charge in [0.1, 0.15) is 18.8 Å². The number of aliphatic hydroxyl groups excluding tert-OH is 2. The smallest absolute Gasteiger partial charge is 0.335 e. The van der Waals surface area contributed by atoms with E-state index in [0.29, 0.717) is 19.3 Å². The van der Waals surface area contributed by atoms with E-state index in [1.165, 1.54) is 38.5 Å². The molecule has 6 unspecified atom stereocenters. The summed E-state index contributed by atoms with van der Waals surface area (Å²) in [7, 11) is 0. The van der Waals surface area contributed by atoms with Crippen molar-refractivity contribution >= 4 is 23.9 Å². The molecule has 6 atom stereocenters. The molecule has 1 fully saturated rings. The predicted molar refractivity (Wildman–Crippen MR) is 321 cm³/mol. The largest absolute Gasteiger partial charge is 0.479 e. The summed E-state index contributed by atoms with van der Waals surface area (Å²) in [5, 5.41) is 31.5. The minimum absolute atomic E-state index is 0.0372. The number of carbonyl (C=O) groups is 4. The highest BCUT2D eigenvalue weighted by Gasteiger charge is 2.50. The molecule has 0 spiro atoms. The van der Waals surface area contributed by atoms with Crippen molar-refractivity contribution in [3.8, 4) is 0 Å². The Morgan fingerprint density at radius 3 is 1.22 bits per heavy atom. The Bertz CT molecular complexity index is 1740. The molecule has 0 aliphatic carbocycles. The number of carboxylic acid groups (broad SMARTS) is 1. The molecule has 79 heavy (non-hydrogen) atoms. The molecule has 12 nitrogen and oxygen atoms in total. The maximum atomic E-state index is 13.2. The highest BCUT2D eigenvalue weighted by molar-refractivity contribution is 5.74. The Morgan fingerprint density at radius 2 is 0.797 bits per heavy atom. The number of allylic oxidation sites excluding steroid dienone is 16. The van der Waals surface area contributed by atoms with E-state index in [1.54, 1.807) is 0 Å². The third kappa shape index (κ3) is 44.0. The lowest BCUT2D eigenvalue weighted by Crippen LogP contribution is -2.61. The molecule has 0 radical (unpaired) electrons. The van der Waals surface area contributed by atoms with Crippen LogP contribution >= 0.6 is 0 Å². The van der Waals surface area contributed by atoms with Crippen LogP contribution in [0.25, 0.3) is 0 Å². The summed E-state index contributed by atoms with van der Waals surface area (Å²) >= 11 is 0.